The Morgan fingerprint density at radius 2 is 1.50 bits per heavy atom. The number of ketones is 1. The highest BCUT2D eigenvalue weighted by Crippen LogP contribution is 2.12. The van der Waals surface area contributed by atoms with Gasteiger partial charge in [-0.3, -0.25) is 4.79 Å². The maximum Gasteiger partial charge on any atom is 0.338 e. The summed E-state index contributed by atoms with van der Waals surface area (Å²) >= 11 is 0. The van der Waals surface area contributed by atoms with Gasteiger partial charge in [0.05, 0.1) is 12.7 Å². The van der Waals surface area contributed by atoms with E-state index in [1.54, 1.807) is 30.3 Å². The quantitative estimate of drug-likeness (QED) is 0.484. The number of hydrogen-bond acceptors (Lipinski definition) is 3. The number of carbonyl (C=O) groups excluding carboxylic acids is 2. The van der Waals surface area contributed by atoms with Crippen LogP contribution in [-0.4, -0.2) is 18.9 Å². The maximum atomic E-state index is 12.2. The molecule has 0 aliphatic heterocycles. The molecule has 2 rings (SSSR count). The van der Waals surface area contributed by atoms with Crippen LogP contribution in [0, 0.1) is 0 Å². The lowest BCUT2D eigenvalue weighted by Crippen LogP contribution is -2.08. The van der Waals surface area contributed by atoms with Crippen LogP contribution in [-0.2, 0) is 4.74 Å². The summed E-state index contributed by atoms with van der Waals surface area (Å²) in [7, 11) is 1.30. The first-order valence-corrected chi connectivity index (χ1v) is 6.17. The van der Waals surface area contributed by atoms with Crippen LogP contribution < -0.4 is 0 Å². The summed E-state index contributed by atoms with van der Waals surface area (Å²) in [6, 6.07) is 16.1. The lowest BCUT2D eigenvalue weighted by Gasteiger charge is -2.04. The summed E-state index contributed by atoms with van der Waals surface area (Å²) < 4.78 is 4.67. The van der Waals surface area contributed by atoms with Crippen molar-refractivity contribution < 1.29 is 14.3 Å². The van der Waals surface area contributed by atoms with Gasteiger partial charge in [-0.2, -0.15) is 0 Å². The van der Waals surface area contributed by atoms with Crippen LogP contribution in [0.4, 0.5) is 0 Å². The molecule has 0 amide bonds. The van der Waals surface area contributed by atoms with E-state index in [1.165, 1.54) is 13.2 Å². The van der Waals surface area contributed by atoms with E-state index in [-0.39, 0.29) is 11.3 Å². The van der Waals surface area contributed by atoms with Gasteiger partial charge in [-0.15, -0.1) is 0 Å². The van der Waals surface area contributed by atoms with Crippen molar-refractivity contribution in [2.75, 3.05) is 7.11 Å². The van der Waals surface area contributed by atoms with Crippen molar-refractivity contribution in [3.8, 4) is 0 Å². The van der Waals surface area contributed by atoms with Crippen LogP contribution >= 0.6 is 0 Å². The van der Waals surface area contributed by atoms with Crippen LogP contribution in [0.5, 0.6) is 0 Å². The molecule has 0 aliphatic rings. The molecular formula is C17H14O3. The largest absolute Gasteiger partial charge is 0.465 e. The molecular weight excluding hydrogens is 252 g/mol. The Bertz CT molecular complexity index is 642. The van der Waals surface area contributed by atoms with Crippen molar-refractivity contribution in [1.29, 1.82) is 0 Å². The summed E-state index contributed by atoms with van der Waals surface area (Å²) in [5.41, 5.74) is 1.54. The molecule has 3 heteroatoms. The predicted molar refractivity (Wildman–Crippen MR) is 77.6 cm³/mol. The molecule has 0 N–H and O–H groups in total. The molecule has 0 aliphatic carbocycles. The molecule has 0 fully saturated rings. The fourth-order valence-corrected chi connectivity index (χ4v) is 1.81. The van der Waals surface area contributed by atoms with Crippen molar-refractivity contribution in [3.05, 3.63) is 77.4 Å². The Kier molecular flexibility index (Phi) is 4.45. The van der Waals surface area contributed by atoms with E-state index in [9.17, 15) is 9.59 Å². The number of ether oxygens (including phenoxy) is 1. The molecule has 0 spiro atoms. The van der Waals surface area contributed by atoms with E-state index >= 15 is 0 Å². The van der Waals surface area contributed by atoms with Gasteiger partial charge in [0.15, 0.2) is 5.78 Å². The SMILES string of the molecule is COC(=O)c1ccccc1C(=O)C=Cc1ccccc1. The highest BCUT2D eigenvalue weighted by Gasteiger charge is 2.14. The minimum Gasteiger partial charge on any atom is -0.465 e. The fraction of sp³-hybridized carbons (Fsp3) is 0.0588. The molecule has 0 saturated heterocycles. The second-order valence-electron chi connectivity index (χ2n) is 4.15. The van der Waals surface area contributed by atoms with Gasteiger partial charge in [0.2, 0.25) is 0 Å². The summed E-state index contributed by atoms with van der Waals surface area (Å²) in [5.74, 6) is -0.739. The lowest BCUT2D eigenvalue weighted by atomic mass is 10.0. The number of rotatable bonds is 4. The number of allylic oxidation sites excluding steroid dienone is 1. The molecule has 0 unspecified atom stereocenters. The van der Waals surface area contributed by atoms with E-state index in [0.717, 1.165) is 5.56 Å². The zero-order valence-corrected chi connectivity index (χ0v) is 11.1. The van der Waals surface area contributed by atoms with Crippen molar-refractivity contribution in [3.63, 3.8) is 0 Å². The van der Waals surface area contributed by atoms with Crippen molar-refractivity contribution >= 4 is 17.8 Å². The predicted octanol–water partition coefficient (Wildman–Crippen LogP) is 3.37. The molecule has 0 heterocycles. The number of esters is 1. The van der Waals surface area contributed by atoms with Crippen LogP contribution in [0.1, 0.15) is 26.3 Å². The van der Waals surface area contributed by atoms with Gasteiger partial charge in [0.1, 0.15) is 0 Å². The van der Waals surface area contributed by atoms with Gasteiger partial charge in [-0.05, 0) is 17.7 Å². The summed E-state index contributed by atoms with van der Waals surface area (Å²) in [4.78, 5) is 23.8. The standard InChI is InChI=1S/C17H14O3/c1-20-17(19)15-10-6-5-9-14(15)16(18)12-11-13-7-3-2-4-8-13/h2-12H,1H3. The Labute approximate surface area is 117 Å². The monoisotopic (exact) mass is 266 g/mol. The van der Waals surface area contributed by atoms with E-state index in [4.69, 9.17) is 0 Å². The third-order valence-corrected chi connectivity index (χ3v) is 2.82. The second-order valence-corrected chi connectivity index (χ2v) is 4.15. The highest BCUT2D eigenvalue weighted by atomic mass is 16.5. The van der Waals surface area contributed by atoms with E-state index in [2.05, 4.69) is 4.74 Å². The Balaban J connectivity index is 2.26. The smallest absolute Gasteiger partial charge is 0.338 e. The molecule has 0 atom stereocenters. The zero-order chi connectivity index (χ0) is 14.4. The van der Waals surface area contributed by atoms with E-state index in [1.807, 2.05) is 30.3 Å². The number of methoxy groups -OCH3 is 1. The van der Waals surface area contributed by atoms with Crippen LogP contribution in [0.2, 0.25) is 0 Å². The van der Waals surface area contributed by atoms with E-state index in [0.29, 0.717) is 5.56 Å². The molecule has 20 heavy (non-hydrogen) atoms. The number of hydrogen-bond donors (Lipinski definition) is 0. The van der Waals surface area contributed by atoms with Crippen molar-refractivity contribution in [1.82, 2.24) is 0 Å². The van der Waals surface area contributed by atoms with Gasteiger partial charge in [0.25, 0.3) is 0 Å². The van der Waals surface area contributed by atoms with Gasteiger partial charge < -0.3 is 4.74 Å². The first-order valence-electron chi connectivity index (χ1n) is 6.17. The topological polar surface area (TPSA) is 43.4 Å². The summed E-state index contributed by atoms with van der Waals surface area (Å²) in [6.45, 7) is 0. The van der Waals surface area contributed by atoms with Crippen LogP contribution in [0.15, 0.2) is 60.7 Å². The average Bonchev–Trinajstić information content (AvgIpc) is 2.52. The average molecular weight is 266 g/mol. The first-order chi connectivity index (χ1) is 9.72. The molecule has 2 aromatic carbocycles. The van der Waals surface area contributed by atoms with Crippen LogP contribution in [0.25, 0.3) is 6.08 Å². The molecule has 0 saturated carbocycles. The van der Waals surface area contributed by atoms with Gasteiger partial charge in [0, 0.05) is 5.56 Å². The van der Waals surface area contributed by atoms with Gasteiger partial charge in [-0.25, -0.2) is 4.79 Å². The highest BCUT2D eigenvalue weighted by molar-refractivity contribution is 6.12. The molecule has 0 bridgehead atoms. The summed E-state index contributed by atoms with van der Waals surface area (Å²) in [5, 5.41) is 0. The lowest BCUT2D eigenvalue weighted by molar-refractivity contribution is 0.0597. The maximum absolute atomic E-state index is 12.2. The molecule has 0 aromatic heterocycles. The zero-order valence-electron chi connectivity index (χ0n) is 11.1. The van der Waals surface area contributed by atoms with Crippen LogP contribution in [0.3, 0.4) is 0 Å². The first kappa shape index (κ1) is 13.7. The third-order valence-electron chi connectivity index (χ3n) is 2.82. The normalized spacial score (nSPS) is 10.4. The number of carbonyl (C=O) groups is 2. The van der Waals surface area contributed by atoms with Gasteiger partial charge >= 0.3 is 5.97 Å². The Hall–Kier alpha value is -2.68. The molecule has 3 nitrogen and oxygen atoms in total. The summed E-state index contributed by atoms with van der Waals surface area (Å²) in [6.07, 6.45) is 3.17. The molecule has 2 aromatic rings. The second kappa shape index (κ2) is 6.48. The number of benzene rings is 2. The van der Waals surface area contributed by atoms with Crippen molar-refractivity contribution in [2.24, 2.45) is 0 Å². The van der Waals surface area contributed by atoms with Gasteiger partial charge in [-0.1, -0.05) is 54.6 Å². The fourth-order valence-electron chi connectivity index (χ4n) is 1.81. The Morgan fingerprint density at radius 3 is 2.15 bits per heavy atom. The third kappa shape index (κ3) is 3.20. The Morgan fingerprint density at radius 1 is 0.900 bits per heavy atom. The minimum absolute atomic E-state index is 0.227. The molecule has 100 valence electrons. The molecule has 0 radical (unpaired) electrons. The van der Waals surface area contributed by atoms with E-state index < -0.39 is 5.97 Å². The minimum atomic E-state index is -0.512. The van der Waals surface area contributed by atoms with Crippen molar-refractivity contribution in [2.45, 2.75) is 0 Å².